The van der Waals surface area contributed by atoms with Gasteiger partial charge in [0.05, 0.1) is 16.4 Å². The van der Waals surface area contributed by atoms with Crippen molar-refractivity contribution in [1.29, 1.82) is 0 Å². The molecule has 0 saturated heterocycles. The molecule has 0 radical (unpaired) electrons. The summed E-state index contributed by atoms with van der Waals surface area (Å²) in [5.74, 6) is -0.0516. The van der Waals surface area contributed by atoms with Crippen LogP contribution in [0.4, 0.5) is 0 Å². The van der Waals surface area contributed by atoms with E-state index in [1.54, 1.807) is 12.1 Å². The fourth-order valence-corrected chi connectivity index (χ4v) is 3.50. The molecule has 3 nitrogen and oxygen atoms in total. The largest absolute Gasteiger partial charge is 0.478 e. The molecule has 0 aliphatic rings. The summed E-state index contributed by atoms with van der Waals surface area (Å²) in [4.78, 5) is 11.6. The predicted molar refractivity (Wildman–Crippen MR) is 76.4 cm³/mol. The molecule has 0 amide bonds. The molecule has 0 aromatic heterocycles. The average Bonchev–Trinajstić information content (AvgIpc) is 2.29. The van der Waals surface area contributed by atoms with Crippen LogP contribution in [0.2, 0.25) is 0 Å². The molecule has 2 atom stereocenters. The van der Waals surface area contributed by atoms with Gasteiger partial charge in [-0.05, 0) is 40.0 Å². The summed E-state index contributed by atoms with van der Waals surface area (Å²) in [6.07, 6.45) is 2.10. The van der Waals surface area contributed by atoms with Crippen molar-refractivity contribution in [2.75, 3.05) is 5.75 Å². The van der Waals surface area contributed by atoms with Gasteiger partial charge < -0.3 is 5.11 Å². The van der Waals surface area contributed by atoms with E-state index in [0.717, 1.165) is 12.8 Å². The monoisotopic (exact) mass is 332 g/mol. The van der Waals surface area contributed by atoms with E-state index in [0.29, 0.717) is 21.0 Å². The van der Waals surface area contributed by atoms with Crippen LogP contribution in [0.1, 0.15) is 37.0 Å². The fourth-order valence-electron chi connectivity index (χ4n) is 1.74. The van der Waals surface area contributed by atoms with E-state index in [4.69, 9.17) is 5.11 Å². The summed E-state index contributed by atoms with van der Waals surface area (Å²) in [5.41, 5.74) is 0.156. The maximum atomic E-state index is 12.1. The van der Waals surface area contributed by atoms with Crippen LogP contribution in [0.3, 0.4) is 0 Å². The lowest BCUT2D eigenvalue weighted by Crippen LogP contribution is -2.09. The van der Waals surface area contributed by atoms with Crippen LogP contribution in [-0.4, -0.2) is 21.0 Å². The van der Waals surface area contributed by atoms with Crippen LogP contribution in [-0.2, 0) is 10.8 Å². The highest BCUT2D eigenvalue weighted by molar-refractivity contribution is 9.10. The van der Waals surface area contributed by atoms with Crippen LogP contribution >= 0.6 is 15.9 Å². The molecule has 0 saturated carbocycles. The molecule has 0 bridgehead atoms. The van der Waals surface area contributed by atoms with Gasteiger partial charge in [-0.15, -0.1) is 0 Å². The Balaban J connectivity index is 2.87. The smallest absolute Gasteiger partial charge is 0.336 e. The zero-order chi connectivity index (χ0) is 13.7. The Morgan fingerprint density at radius 3 is 2.72 bits per heavy atom. The molecule has 18 heavy (non-hydrogen) atoms. The van der Waals surface area contributed by atoms with Crippen LogP contribution in [0, 0.1) is 5.92 Å². The van der Waals surface area contributed by atoms with E-state index in [9.17, 15) is 9.00 Å². The molecule has 1 rings (SSSR count). The first kappa shape index (κ1) is 15.4. The number of carboxylic acids is 1. The first-order valence-electron chi connectivity index (χ1n) is 5.87. The topological polar surface area (TPSA) is 54.4 Å². The molecule has 5 heteroatoms. The van der Waals surface area contributed by atoms with Gasteiger partial charge in [0.1, 0.15) is 0 Å². The van der Waals surface area contributed by atoms with E-state index in [2.05, 4.69) is 29.8 Å². The third kappa shape index (κ3) is 4.21. The second kappa shape index (κ2) is 7.04. The first-order chi connectivity index (χ1) is 8.45. The van der Waals surface area contributed by atoms with Crippen molar-refractivity contribution in [2.24, 2.45) is 5.92 Å². The minimum atomic E-state index is -1.13. The number of benzene rings is 1. The fraction of sp³-hybridized carbons (Fsp3) is 0.462. The highest BCUT2D eigenvalue weighted by atomic mass is 79.9. The Morgan fingerprint density at radius 1 is 1.50 bits per heavy atom. The average molecular weight is 333 g/mol. The molecule has 0 heterocycles. The Labute approximate surface area is 118 Å². The van der Waals surface area contributed by atoms with Crippen LogP contribution in [0.25, 0.3) is 0 Å². The van der Waals surface area contributed by atoms with Crippen molar-refractivity contribution in [3.8, 4) is 0 Å². The number of aromatic carboxylic acids is 1. The zero-order valence-corrected chi connectivity index (χ0v) is 12.9. The number of carbonyl (C=O) groups is 1. The summed E-state index contributed by atoms with van der Waals surface area (Å²) >= 11 is 3.18. The van der Waals surface area contributed by atoms with Crippen molar-refractivity contribution in [2.45, 2.75) is 31.6 Å². The molecular weight excluding hydrogens is 316 g/mol. The van der Waals surface area contributed by atoms with Crippen molar-refractivity contribution in [1.82, 2.24) is 0 Å². The summed E-state index contributed by atoms with van der Waals surface area (Å²) in [5, 5.41) is 9.01. The van der Waals surface area contributed by atoms with E-state index >= 15 is 0 Å². The molecule has 0 spiro atoms. The van der Waals surface area contributed by atoms with Crippen LogP contribution in [0.5, 0.6) is 0 Å². The maximum Gasteiger partial charge on any atom is 0.336 e. The highest BCUT2D eigenvalue weighted by Gasteiger charge is 2.14. The normalized spacial score (nSPS) is 14.2. The SMILES string of the molecule is CCCC(C)CS(=O)c1ccc(Br)c(C(=O)O)c1. The molecule has 2 unspecified atom stereocenters. The summed E-state index contributed by atoms with van der Waals surface area (Å²) in [7, 11) is -1.13. The van der Waals surface area contributed by atoms with Crippen molar-refractivity contribution in [3.05, 3.63) is 28.2 Å². The van der Waals surface area contributed by atoms with Gasteiger partial charge in [0.2, 0.25) is 0 Å². The predicted octanol–water partition coefficient (Wildman–Crippen LogP) is 3.69. The third-order valence-corrected chi connectivity index (χ3v) is 4.99. The number of halogens is 1. The van der Waals surface area contributed by atoms with Gasteiger partial charge >= 0.3 is 5.97 Å². The van der Waals surface area contributed by atoms with E-state index in [1.807, 2.05) is 0 Å². The molecule has 1 aromatic carbocycles. The van der Waals surface area contributed by atoms with Gasteiger partial charge in [0.25, 0.3) is 0 Å². The standard InChI is InChI=1S/C13H17BrO3S/c1-3-4-9(2)8-18(17)10-5-6-12(14)11(7-10)13(15)16/h5-7,9H,3-4,8H2,1-2H3,(H,15,16). The Kier molecular flexibility index (Phi) is 6.02. The quantitative estimate of drug-likeness (QED) is 0.864. The molecule has 100 valence electrons. The molecule has 1 N–H and O–H groups in total. The minimum absolute atomic E-state index is 0.156. The van der Waals surface area contributed by atoms with Crippen LogP contribution < -0.4 is 0 Å². The molecule has 0 aliphatic carbocycles. The Bertz CT molecular complexity index is 460. The van der Waals surface area contributed by atoms with Crippen molar-refractivity contribution >= 4 is 32.7 Å². The molecule has 1 aromatic rings. The molecule has 0 fully saturated rings. The first-order valence-corrected chi connectivity index (χ1v) is 7.98. The lowest BCUT2D eigenvalue weighted by atomic mass is 10.1. The summed E-state index contributed by atoms with van der Waals surface area (Å²) in [6, 6.07) is 4.84. The van der Waals surface area contributed by atoms with Gasteiger partial charge in [-0.25, -0.2) is 4.79 Å². The Morgan fingerprint density at radius 2 is 2.17 bits per heavy atom. The summed E-state index contributed by atoms with van der Waals surface area (Å²) < 4.78 is 12.6. The molecule has 0 aliphatic heterocycles. The van der Waals surface area contributed by atoms with Gasteiger partial charge in [-0.2, -0.15) is 0 Å². The highest BCUT2D eigenvalue weighted by Crippen LogP contribution is 2.21. The molecular formula is C13H17BrO3S. The van der Waals surface area contributed by atoms with Gasteiger partial charge in [0, 0.05) is 15.1 Å². The van der Waals surface area contributed by atoms with E-state index in [1.165, 1.54) is 6.07 Å². The minimum Gasteiger partial charge on any atom is -0.478 e. The lowest BCUT2D eigenvalue weighted by molar-refractivity contribution is 0.0695. The second-order valence-corrected chi connectivity index (χ2v) is 6.70. The number of rotatable bonds is 6. The van der Waals surface area contributed by atoms with Crippen molar-refractivity contribution in [3.63, 3.8) is 0 Å². The van der Waals surface area contributed by atoms with E-state index < -0.39 is 16.8 Å². The zero-order valence-electron chi connectivity index (χ0n) is 10.5. The van der Waals surface area contributed by atoms with Crippen LogP contribution in [0.15, 0.2) is 27.6 Å². The Hall–Kier alpha value is -0.680. The third-order valence-electron chi connectivity index (χ3n) is 2.65. The second-order valence-electron chi connectivity index (χ2n) is 4.35. The summed E-state index contributed by atoms with van der Waals surface area (Å²) in [6.45, 7) is 4.17. The van der Waals surface area contributed by atoms with E-state index in [-0.39, 0.29) is 5.56 Å². The number of carboxylic acid groups (broad SMARTS) is 1. The maximum absolute atomic E-state index is 12.1. The van der Waals surface area contributed by atoms with Gasteiger partial charge in [-0.3, -0.25) is 4.21 Å². The lowest BCUT2D eigenvalue weighted by Gasteiger charge is -2.10. The number of hydrogen-bond acceptors (Lipinski definition) is 2. The van der Waals surface area contributed by atoms with Gasteiger partial charge in [-0.1, -0.05) is 26.7 Å². The van der Waals surface area contributed by atoms with Crippen molar-refractivity contribution < 1.29 is 14.1 Å². The number of hydrogen-bond donors (Lipinski definition) is 1. The van der Waals surface area contributed by atoms with Gasteiger partial charge in [0.15, 0.2) is 0 Å².